The summed E-state index contributed by atoms with van der Waals surface area (Å²) >= 11 is 0. The Kier molecular flexibility index (Phi) is 3.74. The largest absolute Gasteiger partial charge is 0.459 e. The number of nitrogens with two attached hydrogens (primary N) is 1. The van der Waals surface area contributed by atoms with Crippen LogP contribution in [0, 0.1) is 11.6 Å². The van der Waals surface area contributed by atoms with Crippen LogP contribution < -0.4 is 5.73 Å². The molecule has 100 valence electrons. The van der Waals surface area contributed by atoms with Crippen molar-refractivity contribution in [2.24, 2.45) is 0 Å². The van der Waals surface area contributed by atoms with Gasteiger partial charge in [-0.2, -0.15) is 5.10 Å². The summed E-state index contributed by atoms with van der Waals surface area (Å²) in [4.78, 5) is 11.5. The summed E-state index contributed by atoms with van der Waals surface area (Å²) < 4.78 is 32.3. The monoisotopic (exact) mass is 267 g/mol. The van der Waals surface area contributed by atoms with E-state index in [-0.39, 0.29) is 18.7 Å². The zero-order valence-corrected chi connectivity index (χ0v) is 9.85. The first kappa shape index (κ1) is 13.0. The Bertz CT molecular complexity index is 598. The number of aromatic nitrogens is 2. The van der Waals surface area contributed by atoms with Gasteiger partial charge in [-0.05, 0) is 18.2 Å². The van der Waals surface area contributed by atoms with Crippen molar-refractivity contribution >= 4 is 11.7 Å². The van der Waals surface area contributed by atoms with Gasteiger partial charge in [0.05, 0.1) is 11.9 Å². The fraction of sp³-hybridized carbons (Fsp3) is 0.167. The molecule has 0 aliphatic carbocycles. The van der Waals surface area contributed by atoms with Crippen LogP contribution in [-0.2, 0) is 22.7 Å². The molecule has 0 fully saturated rings. The summed E-state index contributed by atoms with van der Waals surface area (Å²) in [6.45, 7) is -0.479. The number of halogens is 2. The Balaban J connectivity index is 1.91. The van der Waals surface area contributed by atoms with Gasteiger partial charge in [0.2, 0.25) is 0 Å². The van der Waals surface area contributed by atoms with Crippen molar-refractivity contribution in [2.45, 2.75) is 13.2 Å². The molecule has 0 aliphatic rings. The Morgan fingerprint density at radius 2 is 2.21 bits per heavy atom. The standard InChI is InChI=1S/C12H11F2N3O2/c13-9-1-2-11(14)8(3-9)7-19-12(18)6-17-5-10(15)4-16-17/h1-5H,6-7,15H2. The van der Waals surface area contributed by atoms with E-state index in [1.54, 1.807) is 0 Å². The van der Waals surface area contributed by atoms with E-state index < -0.39 is 17.6 Å². The van der Waals surface area contributed by atoms with Gasteiger partial charge in [-0.25, -0.2) is 8.78 Å². The fourth-order valence-electron chi connectivity index (χ4n) is 1.46. The number of carbonyl (C=O) groups excluding carboxylic acids is 1. The molecule has 2 N–H and O–H groups in total. The van der Waals surface area contributed by atoms with Gasteiger partial charge >= 0.3 is 5.97 Å². The number of hydrogen-bond acceptors (Lipinski definition) is 4. The highest BCUT2D eigenvalue weighted by molar-refractivity contribution is 5.69. The lowest BCUT2D eigenvalue weighted by molar-refractivity contribution is -0.146. The summed E-state index contributed by atoms with van der Waals surface area (Å²) in [5.74, 6) is -1.84. The molecule has 0 saturated heterocycles. The summed E-state index contributed by atoms with van der Waals surface area (Å²) in [6, 6.07) is 2.95. The summed E-state index contributed by atoms with van der Waals surface area (Å²) in [6.07, 6.45) is 2.85. The molecule has 0 amide bonds. The second-order valence-corrected chi connectivity index (χ2v) is 3.87. The Morgan fingerprint density at radius 1 is 1.42 bits per heavy atom. The number of rotatable bonds is 4. The van der Waals surface area contributed by atoms with Gasteiger partial charge in [-0.3, -0.25) is 9.48 Å². The second-order valence-electron chi connectivity index (χ2n) is 3.87. The van der Waals surface area contributed by atoms with Crippen LogP contribution in [0.5, 0.6) is 0 Å². The zero-order chi connectivity index (χ0) is 13.8. The molecule has 2 rings (SSSR count). The molecule has 2 aromatic rings. The van der Waals surface area contributed by atoms with Gasteiger partial charge in [0.1, 0.15) is 24.8 Å². The molecule has 1 aromatic carbocycles. The lowest BCUT2D eigenvalue weighted by Gasteiger charge is -2.06. The normalized spacial score (nSPS) is 10.4. The molecular weight excluding hydrogens is 256 g/mol. The molecule has 1 heterocycles. The van der Waals surface area contributed by atoms with E-state index >= 15 is 0 Å². The number of ether oxygens (including phenoxy) is 1. The van der Waals surface area contributed by atoms with Gasteiger partial charge in [-0.15, -0.1) is 0 Å². The molecule has 0 spiro atoms. The van der Waals surface area contributed by atoms with Gasteiger partial charge in [-0.1, -0.05) is 0 Å². The van der Waals surface area contributed by atoms with Gasteiger partial charge in [0.25, 0.3) is 0 Å². The van der Waals surface area contributed by atoms with Crippen LogP contribution in [0.1, 0.15) is 5.56 Å². The van der Waals surface area contributed by atoms with Crippen molar-refractivity contribution in [3.05, 3.63) is 47.8 Å². The highest BCUT2D eigenvalue weighted by Crippen LogP contribution is 2.11. The number of nitrogens with zero attached hydrogens (tertiary/aromatic N) is 2. The predicted octanol–water partition coefficient (Wildman–Crippen LogP) is 1.49. The van der Waals surface area contributed by atoms with Crippen LogP contribution in [-0.4, -0.2) is 15.7 Å². The minimum atomic E-state index is -0.627. The fourth-order valence-corrected chi connectivity index (χ4v) is 1.46. The van der Waals surface area contributed by atoms with Crippen molar-refractivity contribution in [3.63, 3.8) is 0 Å². The Morgan fingerprint density at radius 3 is 2.89 bits per heavy atom. The third-order valence-electron chi connectivity index (χ3n) is 2.34. The summed E-state index contributed by atoms with van der Waals surface area (Å²) in [7, 11) is 0. The van der Waals surface area contributed by atoms with E-state index in [2.05, 4.69) is 5.10 Å². The molecule has 1 aromatic heterocycles. The Hall–Kier alpha value is -2.44. The molecule has 0 unspecified atom stereocenters. The number of nitrogen functional groups attached to an aromatic ring is 1. The molecule has 7 heteroatoms. The smallest absolute Gasteiger partial charge is 0.328 e. The van der Waals surface area contributed by atoms with Crippen molar-refractivity contribution in [1.29, 1.82) is 0 Å². The molecule has 0 radical (unpaired) electrons. The van der Waals surface area contributed by atoms with Crippen LogP contribution in [0.2, 0.25) is 0 Å². The van der Waals surface area contributed by atoms with Crippen molar-refractivity contribution in [3.8, 4) is 0 Å². The lowest BCUT2D eigenvalue weighted by atomic mass is 10.2. The highest BCUT2D eigenvalue weighted by Gasteiger charge is 2.09. The van der Waals surface area contributed by atoms with Crippen LogP contribution in [0.4, 0.5) is 14.5 Å². The SMILES string of the molecule is Nc1cnn(CC(=O)OCc2cc(F)ccc2F)c1. The van der Waals surface area contributed by atoms with Crippen LogP contribution >= 0.6 is 0 Å². The molecule has 0 aliphatic heterocycles. The first-order valence-corrected chi connectivity index (χ1v) is 5.42. The Labute approximate surface area is 107 Å². The van der Waals surface area contributed by atoms with Crippen molar-refractivity contribution in [2.75, 3.05) is 5.73 Å². The highest BCUT2D eigenvalue weighted by atomic mass is 19.1. The van der Waals surface area contributed by atoms with Crippen LogP contribution in [0.3, 0.4) is 0 Å². The number of benzene rings is 1. The third kappa shape index (κ3) is 3.51. The van der Waals surface area contributed by atoms with Gasteiger partial charge in [0.15, 0.2) is 0 Å². The van der Waals surface area contributed by atoms with Crippen molar-refractivity contribution in [1.82, 2.24) is 9.78 Å². The molecule has 0 atom stereocenters. The van der Waals surface area contributed by atoms with Gasteiger partial charge in [0, 0.05) is 11.8 Å². The molecule has 5 nitrogen and oxygen atoms in total. The molecule has 0 saturated carbocycles. The minimum absolute atomic E-state index is 0.0201. The summed E-state index contributed by atoms with van der Waals surface area (Å²) in [5, 5.41) is 3.80. The average molecular weight is 267 g/mol. The van der Waals surface area contributed by atoms with E-state index in [4.69, 9.17) is 10.5 Å². The summed E-state index contributed by atoms with van der Waals surface area (Å²) in [5.41, 5.74) is 5.83. The van der Waals surface area contributed by atoms with Crippen LogP contribution in [0.15, 0.2) is 30.6 Å². The minimum Gasteiger partial charge on any atom is -0.459 e. The second kappa shape index (κ2) is 5.47. The van der Waals surface area contributed by atoms with E-state index in [0.29, 0.717) is 5.69 Å². The number of anilines is 1. The van der Waals surface area contributed by atoms with E-state index in [9.17, 15) is 13.6 Å². The third-order valence-corrected chi connectivity index (χ3v) is 2.34. The predicted molar refractivity (Wildman–Crippen MR) is 62.8 cm³/mol. The maximum absolute atomic E-state index is 13.3. The van der Waals surface area contributed by atoms with Crippen LogP contribution in [0.25, 0.3) is 0 Å². The van der Waals surface area contributed by atoms with E-state index in [0.717, 1.165) is 18.2 Å². The number of hydrogen-bond donors (Lipinski definition) is 1. The first-order valence-electron chi connectivity index (χ1n) is 5.42. The van der Waals surface area contributed by atoms with Gasteiger partial charge < -0.3 is 10.5 Å². The van der Waals surface area contributed by atoms with E-state index in [1.165, 1.54) is 17.1 Å². The zero-order valence-electron chi connectivity index (χ0n) is 9.85. The molecule has 0 bridgehead atoms. The quantitative estimate of drug-likeness (QED) is 0.852. The first-order chi connectivity index (χ1) is 9.04. The average Bonchev–Trinajstić information content (AvgIpc) is 2.76. The number of carbonyl (C=O) groups is 1. The van der Waals surface area contributed by atoms with E-state index in [1.807, 2.05) is 0 Å². The molecule has 19 heavy (non-hydrogen) atoms. The number of esters is 1. The maximum Gasteiger partial charge on any atom is 0.328 e. The maximum atomic E-state index is 13.3. The lowest BCUT2D eigenvalue weighted by Crippen LogP contribution is -2.14. The topological polar surface area (TPSA) is 70.1 Å². The van der Waals surface area contributed by atoms with Crippen molar-refractivity contribution < 1.29 is 18.3 Å². The molecular formula is C12H11F2N3O2.